The number of aliphatic hydroxyl groups is 1. The average Bonchev–Trinajstić information content (AvgIpc) is 2.46. The van der Waals surface area contributed by atoms with Gasteiger partial charge in [-0.2, -0.15) is 0 Å². The summed E-state index contributed by atoms with van der Waals surface area (Å²) in [5.41, 5.74) is 0.972. The molecule has 2 fully saturated rings. The lowest BCUT2D eigenvalue weighted by Crippen LogP contribution is -2.57. The Morgan fingerprint density at radius 3 is 2.58 bits per heavy atom. The Kier molecular flexibility index (Phi) is 3.58. The molecule has 6 atom stereocenters. The first kappa shape index (κ1) is 13.1. The molecule has 4 nitrogen and oxygen atoms in total. The summed E-state index contributed by atoms with van der Waals surface area (Å²) >= 11 is 0. The maximum atomic E-state index is 10.3. The smallest absolute Gasteiger partial charge is 0.184 e. The van der Waals surface area contributed by atoms with E-state index in [1.165, 1.54) is 0 Å². The monoisotopic (exact) mass is 264 g/mol. The topological polar surface area (TPSA) is 47.9 Å². The van der Waals surface area contributed by atoms with E-state index in [-0.39, 0.29) is 24.2 Å². The molecule has 0 radical (unpaired) electrons. The molecule has 2 heterocycles. The van der Waals surface area contributed by atoms with Gasteiger partial charge in [-0.3, -0.25) is 0 Å². The van der Waals surface area contributed by atoms with E-state index in [4.69, 9.17) is 14.2 Å². The van der Waals surface area contributed by atoms with E-state index in [1.54, 1.807) is 0 Å². The lowest BCUT2D eigenvalue weighted by atomic mass is 9.88. The molecular weight excluding hydrogens is 244 g/mol. The van der Waals surface area contributed by atoms with Crippen molar-refractivity contribution in [2.75, 3.05) is 6.61 Å². The summed E-state index contributed by atoms with van der Waals surface area (Å²) in [5.74, 6) is 0.0655. The second kappa shape index (κ2) is 5.21. The van der Waals surface area contributed by atoms with Gasteiger partial charge in [0.1, 0.15) is 12.2 Å². The Balaban J connectivity index is 1.75. The molecule has 3 rings (SSSR count). The van der Waals surface area contributed by atoms with E-state index in [9.17, 15) is 5.11 Å². The number of benzene rings is 1. The van der Waals surface area contributed by atoms with Crippen molar-refractivity contribution in [2.24, 2.45) is 5.92 Å². The predicted octanol–water partition coefficient (Wildman–Crippen LogP) is 1.88. The quantitative estimate of drug-likeness (QED) is 0.841. The Bertz CT molecular complexity index is 419. The van der Waals surface area contributed by atoms with Crippen LogP contribution >= 0.6 is 0 Å². The number of aliphatic hydroxyl groups excluding tert-OH is 1. The van der Waals surface area contributed by atoms with Crippen molar-refractivity contribution >= 4 is 0 Å². The minimum absolute atomic E-state index is 0.0247. The summed E-state index contributed by atoms with van der Waals surface area (Å²) in [7, 11) is 0. The molecule has 104 valence electrons. The first-order chi connectivity index (χ1) is 9.16. The number of ether oxygens (including phenoxy) is 3. The first-order valence-electron chi connectivity index (χ1n) is 6.82. The Labute approximate surface area is 113 Å². The molecule has 0 aliphatic carbocycles. The van der Waals surface area contributed by atoms with E-state index in [2.05, 4.69) is 0 Å². The average molecular weight is 264 g/mol. The maximum Gasteiger partial charge on any atom is 0.184 e. The van der Waals surface area contributed by atoms with Crippen molar-refractivity contribution in [1.29, 1.82) is 0 Å². The van der Waals surface area contributed by atoms with Crippen LogP contribution in [0, 0.1) is 5.92 Å². The van der Waals surface area contributed by atoms with Crippen molar-refractivity contribution in [3.63, 3.8) is 0 Å². The third-order valence-corrected chi connectivity index (χ3v) is 4.14. The Hall–Kier alpha value is -0.940. The first-order valence-corrected chi connectivity index (χ1v) is 6.82. The molecule has 2 saturated heterocycles. The van der Waals surface area contributed by atoms with Gasteiger partial charge in [-0.15, -0.1) is 0 Å². The summed E-state index contributed by atoms with van der Waals surface area (Å²) in [6, 6.07) is 9.79. The molecule has 1 aromatic carbocycles. The zero-order chi connectivity index (χ0) is 13.4. The van der Waals surface area contributed by atoms with Crippen molar-refractivity contribution < 1.29 is 19.3 Å². The fraction of sp³-hybridized carbons (Fsp3) is 0.600. The second-order valence-corrected chi connectivity index (χ2v) is 5.41. The lowest BCUT2D eigenvalue weighted by Gasteiger charge is -2.46. The van der Waals surface area contributed by atoms with E-state index in [1.807, 2.05) is 44.2 Å². The minimum atomic E-state index is -0.510. The van der Waals surface area contributed by atoms with E-state index >= 15 is 0 Å². The van der Waals surface area contributed by atoms with Gasteiger partial charge in [0.15, 0.2) is 6.29 Å². The SMILES string of the molecule is CC1OC2COC(c3ccccc3)OC2C(O)C1C. The van der Waals surface area contributed by atoms with Crippen molar-refractivity contribution in [1.82, 2.24) is 0 Å². The summed E-state index contributed by atoms with van der Waals surface area (Å²) in [6.07, 6.45) is -1.40. The highest BCUT2D eigenvalue weighted by Crippen LogP contribution is 2.35. The van der Waals surface area contributed by atoms with Gasteiger partial charge in [0.2, 0.25) is 0 Å². The summed E-state index contributed by atoms with van der Waals surface area (Å²) in [6.45, 7) is 4.42. The van der Waals surface area contributed by atoms with Crippen molar-refractivity contribution in [3.05, 3.63) is 35.9 Å². The van der Waals surface area contributed by atoms with Crippen LogP contribution in [0.5, 0.6) is 0 Å². The minimum Gasteiger partial charge on any atom is -0.390 e. The highest BCUT2D eigenvalue weighted by atomic mass is 16.7. The van der Waals surface area contributed by atoms with Gasteiger partial charge in [-0.25, -0.2) is 0 Å². The molecule has 6 unspecified atom stereocenters. The van der Waals surface area contributed by atoms with E-state index < -0.39 is 12.4 Å². The van der Waals surface area contributed by atoms with Crippen LogP contribution in [0.2, 0.25) is 0 Å². The molecule has 1 N–H and O–H groups in total. The number of hydrogen-bond acceptors (Lipinski definition) is 4. The van der Waals surface area contributed by atoms with Crippen LogP contribution < -0.4 is 0 Å². The van der Waals surface area contributed by atoms with Gasteiger partial charge in [0, 0.05) is 11.5 Å². The van der Waals surface area contributed by atoms with E-state index in [0.29, 0.717) is 6.61 Å². The van der Waals surface area contributed by atoms with Crippen LogP contribution in [0.3, 0.4) is 0 Å². The van der Waals surface area contributed by atoms with Crippen molar-refractivity contribution in [3.8, 4) is 0 Å². The lowest BCUT2D eigenvalue weighted by molar-refractivity contribution is -0.318. The standard InChI is InChI=1S/C15H20O4/c1-9-10(2)18-12-8-17-15(19-14(12)13(9)16)11-6-4-3-5-7-11/h3-7,9-10,12-16H,8H2,1-2H3. The Morgan fingerprint density at radius 2 is 1.84 bits per heavy atom. The van der Waals surface area contributed by atoms with Gasteiger partial charge in [-0.05, 0) is 6.92 Å². The maximum absolute atomic E-state index is 10.3. The molecule has 0 aromatic heterocycles. The van der Waals surface area contributed by atoms with Crippen LogP contribution in [0.4, 0.5) is 0 Å². The van der Waals surface area contributed by atoms with Gasteiger partial charge in [0.05, 0.1) is 18.8 Å². The molecule has 19 heavy (non-hydrogen) atoms. The van der Waals surface area contributed by atoms with Crippen LogP contribution in [-0.4, -0.2) is 36.1 Å². The summed E-state index contributed by atoms with van der Waals surface area (Å²) in [4.78, 5) is 0. The normalized spacial score (nSPS) is 42.7. The predicted molar refractivity (Wildman–Crippen MR) is 69.5 cm³/mol. The molecule has 1 aromatic rings. The molecule has 2 aliphatic heterocycles. The highest BCUT2D eigenvalue weighted by molar-refractivity contribution is 5.16. The molecule has 0 spiro atoms. The van der Waals surface area contributed by atoms with Crippen LogP contribution in [0.1, 0.15) is 25.7 Å². The second-order valence-electron chi connectivity index (χ2n) is 5.41. The summed E-state index contributed by atoms with van der Waals surface area (Å²) in [5, 5.41) is 10.3. The zero-order valence-corrected chi connectivity index (χ0v) is 11.2. The Morgan fingerprint density at radius 1 is 1.11 bits per heavy atom. The third-order valence-electron chi connectivity index (χ3n) is 4.14. The molecule has 0 amide bonds. The van der Waals surface area contributed by atoms with Gasteiger partial charge in [0.25, 0.3) is 0 Å². The zero-order valence-electron chi connectivity index (χ0n) is 11.2. The molecular formula is C15H20O4. The van der Waals surface area contributed by atoms with E-state index in [0.717, 1.165) is 5.56 Å². The van der Waals surface area contributed by atoms with Crippen LogP contribution in [-0.2, 0) is 14.2 Å². The number of hydrogen-bond donors (Lipinski definition) is 1. The molecule has 4 heteroatoms. The third kappa shape index (κ3) is 2.41. The van der Waals surface area contributed by atoms with Gasteiger partial charge in [-0.1, -0.05) is 37.3 Å². The van der Waals surface area contributed by atoms with Crippen LogP contribution in [0.25, 0.3) is 0 Å². The van der Waals surface area contributed by atoms with Gasteiger partial charge >= 0.3 is 0 Å². The van der Waals surface area contributed by atoms with Gasteiger partial charge < -0.3 is 19.3 Å². The molecule has 0 bridgehead atoms. The molecule has 0 saturated carbocycles. The fourth-order valence-electron chi connectivity index (χ4n) is 2.73. The fourth-order valence-corrected chi connectivity index (χ4v) is 2.73. The number of fused-ring (bicyclic) bond motifs is 1. The number of rotatable bonds is 1. The highest BCUT2D eigenvalue weighted by Gasteiger charge is 2.46. The molecule has 2 aliphatic rings. The van der Waals surface area contributed by atoms with Crippen molar-refractivity contribution in [2.45, 2.75) is 44.6 Å². The summed E-state index contributed by atoms with van der Waals surface area (Å²) < 4.78 is 17.5. The van der Waals surface area contributed by atoms with Crippen LogP contribution in [0.15, 0.2) is 30.3 Å². The largest absolute Gasteiger partial charge is 0.390 e.